The molecule has 0 amide bonds. The minimum absolute atomic E-state index is 0.0786. The molecule has 1 aromatic heterocycles. The minimum atomic E-state index is 0.0786. The van der Waals surface area contributed by atoms with Crippen molar-refractivity contribution in [3.05, 3.63) is 464 Å². The largest absolute Gasteiger partial charge is 0.310 e. The Bertz CT molecular complexity index is 7940. The van der Waals surface area contributed by atoms with Gasteiger partial charge in [-0.2, -0.15) is 0 Å². The molecule has 19 aromatic rings. The Morgan fingerprint density at radius 2 is 0.457 bits per heavy atom. The van der Waals surface area contributed by atoms with Crippen LogP contribution in [0.25, 0.3) is 109 Å². The third-order valence-corrected chi connectivity index (χ3v) is 38.0. The van der Waals surface area contributed by atoms with Gasteiger partial charge in [0.2, 0.25) is 0 Å². The van der Waals surface area contributed by atoms with Gasteiger partial charge >= 0.3 is 0 Å². The first-order chi connectivity index (χ1) is 69.3. The second kappa shape index (κ2) is 33.0. The molecule has 678 valence electrons. The topological polar surface area (TPSA) is 9.72 Å². The van der Waals surface area contributed by atoms with Gasteiger partial charge in [0.25, 0.3) is 0 Å². The summed E-state index contributed by atoms with van der Waals surface area (Å²) in [6.45, 7) is 0. The molecule has 18 aromatic carbocycles. The summed E-state index contributed by atoms with van der Waals surface area (Å²) in [6.07, 6.45) is 21.0. The van der Waals surface area contributed by atoms with Crippen LogP contribution >= 0.6 is 11.3 Å². The third kappa shape index (κ3) is 12.8. The monoisotopic (exact) mass is 1820 g/mol. The number of hydrogen-bond acceptors (Lipinski definition) is 4. The molecule has 140 heavy (non-hydrogen) atoms. The first-order valence-electron chi connectivity index (χ1n) is 52.4. The molecule has 12 bridgehead atoms. The average molecular weight is 1820 g/mol. The van der Waals surface area contributed by atoms with Gasteiger partial charge < -0.3 is 14.7 Å². The molecule has 0 atom stereocenters. The van der Waals surface area contributed by atoms with Crippen LogP contribution in [0.15, 0.2) is 431 Å². The Hall–Kier alpha value is -14.2. The summed E-state index contributed by atoms with van der Waals surface area (Å²) < 4.78 is 2.70. The van der Waals surface area contributed by atoms with Crippen molar-refractivity contribution in [3.63, 3.8) is 0 Å². The zero-order chi connectivity index (χ0) is 91.9. The molecular weight excluding hydrogens is 1710 g/mol. The molecule has 1 heterocycles. The van der Waals surface area contributed by atoms with E-state index in [1.54, 1.807) is 33.4 Å². The van der Waals surface area contributed by atoms with Crippen molar-refractivity contribution in [2.24, 2.45) is 71.0 Å². The highest BCUT2D eigenvalue weighted by atomic mass is 32.1. The number of thiophene rings is 1. The predicted octanol–water partition coefficient (Wildman–Crippen LogP) is 36.8. The summed E-state index contributed by atoms with van der Waals surface area (Å²) in [4.78, 5) is 7.80. The van der Waals surface area contributed by atoms with Crippen molar-refractivity contribution >= 4 is 93.5 Å². The van der Waals surface area contributed by atoms with Gasteiger partial charge in [0, 0.05) is 70.2 Å². The Kier molecular flexibility index (Phi) is 19.5. The zero-order valence-electron chi connectivity index (χ0n) is 79.3. The molecule has 3 spiro atoms. The molecule has 12 fully saturated rings. The predicted molar refractivity (Wildman–Crippen MR) is 585 cm³/mol. The molecule has 3 nitrogen and oxygen atoms in total. The first kappa shape index (κ1) is 82.9. The Morgan fingerprint density at radius 3 is 0.871 bits per heavy atom. The maximum Gasteiger partial charge on any atom is 0.0540 e. The van der Waals surface area contributed by atoms with Crippen molar-refractivity contribution in [1.82, 2.24) is 0 Å². The Labute approximate surface area is 827 Å². The number of anilines is 9. The van der Waals surface area contributed by atoms with E-state index < -0.39 is 0 Å². The third-order valence-electron chi connectivity index (χ3n) is 36.9. The SMILES string of the molecule is c1ccc(-c2ccc(N(c3ccc4sc5ccccc5c4c3)c3cccc4c3C3(c5ccccc5-4)C4CC5CC(C4)CC3C5)cc2)cc1.c1ccc(-c2ccc(N(c3cccc(-c4ccccc4)c3)c3cccc4c3C3(c5ccccc5-4)C4CC5CC(C4)CC3C5)cc2)cc1.c1ccc(-c2ccc(N(c3cccc4c3C3(c5ccccc5-4)C4CC5CC(C4)CC3C5)c3cccc4ccccc34)cc2)cc1. The fraction of sp³-hybridized carbons (Fsp3) is 0.221. The average Bonchev–Trinajstić information content (AvgIpc) is 1.53. The van der Waals surface area contributed by atoms with Crippen molar-refractivity contribution in [2.45, 2.75) is 113 Å². The first-order valence-corrected chi connectivity index (χ1v) is 53.2. The summed E-state index contributed by atoms with van der Waals surface area (Å²) in [7, 11) is 0. The van der Waals surface area contributed by atoms with E-state index in [9.17, 15) is 0 Å². The highest BCUT2D eigenvalue weighted by Gasteiger charge is 2.66. The van der Waals surface area contributed by atoms with Gasteiger partial charge in [0.05, 0.1) is 22.7 Å². The van der Waals surface area contributed by atoms with Crippen LogP contribution in [0.3, 0.4) is 0 Å². The molecular formula is C136H113N3S. The number of rotatable bonds is 13. The van der Waals surface area contributed by atoms with E-state index in [0.29, 0.717) is 35.5 Å². The van der Waals surface area contributed by atoms with Crippen molar-refractivity contribution in [1.29, 1.82) is 0 Å². The van der Waals surface area contributed by atoms with Gasteiger partial charge in [-0.05, 0) is 381 Å². The van der Waals surface area contributed by atoms with E-state index >= 15 is 0 Å². The lowest BCUT2D eigenvalue weighted by atomic mass is 9.43. The normalized spacial score (nSPS) is 24.9. The van der Waals surface area contributed by atoms with Crippen molar-refractivity contribution in [2.75, 3.05) is 14.7 Å². The van der Waals surface area contributed by atoms with Gasteiger partial charge in [-0.25, -0.2) is 0 Å². The van der Waals surface area contributed by atoms with Crippen LogP contribution < -0.4 is 14.7 Å². The van der Waals surface area contributed by atoms with Crippen LogP contribution in [-0.2, 0) is 16.2 Å². The standard InChI is InChI=1S/C46H37NS.C46H39N.C44H37N/c1-2-9-31(10-3-1)32-17-19-35(20-18-32)47(36-21-22-44-40(28-36)38-12-5-7-16-43(38)48-44)42-15-8-13-39-37-11-4-6-14-41(37)46(45(39)42)33-24-29-23-30(26-33)27-34(46)25-29;1-3-11-33(12-4-1)35-21-23-39(24-22-35)47(40-16-9-15-36(30-40)34-13-5-2-6-14-34)44-20-10-18-42-41-17-7-8-19-43(41)46(45(42)44)37-26-31-25-32(28-37)29-38(46)27-31;1-2-10-31(11-3-1)32-20-22-36(23-21-32)45(41-18-8-13-33-12-4-5-14-37(33)41)42-19-9-16-39-38-15-6-7-17-40(38)44(43(39)42)34-25-29-24-30(27-34)28-35(44)26-29/h1-22,28-30,33-34H,23-27H2;1-24,30-32,37-38H,25-29H2;1-23,29-30,34-35H,24-28H2. The maximum atomic E-state index is 2.61. The quantitative estimate of drug-likeness (QED) is 0.114. The number of hydrogen-bond donors (Lipinski definition) is 0. The minimum Gasteiger partial charge on any atom is -0.310 e. The number of fused-ring (bicyclic) bond motifs is 13. The fourth-order valence-corrected chi connectivity index (χ4v) is 33.5. The van der Waals surface area contributed by atoms with Crippen LogP contribution in [0.2, 0.25) is 0 Å². The van der Waals surface area contributed by atoms with Gasteiger partial charge in [-0.3, -0.25) is 0 Å². The lowest BCUT2D eigenvalue weighted by Gasteiger charge is -2.61. The molecule has 0 radical (unpaired) electrons. The summed E-state index contributed by atoms with van der Waals surface area (Å²) in [5.41, 5.74) is 40.1. The van der Waals surface area contributed by atoms with Gasteiger partial charge in [0.15, 0.2) is 0 Å². The zero-order valence-corrected chi connectivity index (χ0v) is 80.1. The molecule has 4 heteroatoms. The highest BCUT2D eigenvalue weighted by molar-refractivity contribution is 7.25. The van der Waals surface area contributed by atoms with E-state index in [4.69, 9.17) is 0 Å². The number of benzene rings is 18. The van der Waals surface area contributed by atoms with E-state index in [2.05, 4.69) is 445 Å². The second-order valence-corrected chi connectivity index (χ2v) is 44.8. The molecule has 0 unspecified atom stereocenters. The van der Waals surface area contributed by atoms with Crippen LogP contribution in [0.4, 0.5) is 51.2 Å². The lowest BCUT2D eigenvalue weighted by Crippen LogP contribution is -2.55. The maximum absolute atomic E-state index is 2.61. The fourth-order valence-electron chi connectivity index (χ4n) is 32.4. The Balaban J connectivity index is 0.000000101. The van der Waals surface area contributed by atoms with Crippen LogP contribution in [-0.4, -0.2) is 0 Å². The van der Waals surface area contributed by atoms with Gasteiger partial charge in [0.1, 0.15) is 0 Å². The van der Waals surface area contributed by atoms with Crippen LogP contribution in [0.5, 0.6) is 0 Å². The van der Waals surface area contributed by atoms with E-state index in [1.165, 1.54) is 256 Å². The van der Waals surface area contributed by atoms with Crippen LogP contribution in [0.1, 0.15) is 130 Å². The summed E-state index contributed by atoms with van der Waals surface area (Å²) in [6, 6.07) is 162. The van der Waals surface area contributed by atoms with Crippen LogP contribution in [0, 0.1) is 71.0 Å². The number of nitrogens with zero attached hydrogens (tertiary/aromatic N) is 3. The van der Waals surface area contributed by atoms with E-state index in [-0.39, 0.29) is 16.2 Å². The molecule has 34 rings (SSSR count). The smallest absolute Gasteiger partial charge is 0.0540 e. The molecule has 0 aliphatic heterocycles. The van der Waals surface area contributed by atoms with E-state index in [1.807, 2.05) is 11.3 Å². The van der Waals surface area contributed by atoms with Gasteiger partial charge in [-0.15, -0.1) is 11.3 Å². The molecule has 0 saturated heterocycles. The molecule has 15 aliphatic rings. The second-order valence-electron chi connectivity index (χ2n) is 43.7. The van der Waals surface area contributed by atoms with E-state index in [0.717, 1.165) is 35.5 Å². The molecule has 12 saturated carbocycles. The summed E-state index contributed by atoms with van der Waals surface area (Å²) in [5.74, 6) is 9.76. The van der Waals surface area contributed by atoms with Crippen molar-refractivity contribution in [3.8, 4) is 77.9 Å². The summed E-state index contributed by atoms with van der Waals surface area (Å²) in [5, 5.41) is 5.27. The summed E-state index contributed by atoms with van der Waals surface area (Å²) >= 11 is 1.90. The van der Waals surface area contributed by atoms with Gasteiger partial charge in [-0.1, -0.05) is 334 Å². The Morgan fingerprint density at radius 1 is 0.179 bits per heavy atom. The lowest BCUT2D eigenvalue weighted by molar-refractivity contribution is -0.0397. The molecule has 0 N–H and O–H groups in total. The van der Waals surface area contributed by atoms with Crippen molar-refractivity contribution < 1.29 is 0 Å². The molecule has 15 aliphatic carbocycles. The highest BCUT2D eigenvalue weighted by Crippen LogP contribution is 2.75.